The predicted molar refractivity (Wildman–Crippen MR) is 93.9 cm³/mol. The van der Waals surface area contributed by atoms with E-state index in [4.69, 9.17) is 5.73 Å². The first-order valence-corrected chi connectivity index (χ1v) is 8.73. The fourth-order valence-corrected chi connectivity index (χ4v) is 3.53. The zero-order chi connectivity index (χ0) is 17.8. The monoisotopic (exact) mass is 344 g/mol. The molecular formula is C18H24N4O3. The number of likely N-dealkylation sites (tertiary alicyclic amines) is 1. The minimum atomic E-state index is -0.493. The lowest BCUT2D eigenvalue weighted by Gasteiger charge is -2.27. The van der Waals surface area contributed by atoms with Crippen molar-refractivity contribution in [3.63, 3.8) is 0 Å². The Morgan fingerprint density at radius 2 is 1.96 bits per heavy atom. The molecule has 3 amide bonds. The molecule has 2 saturated heterocycles. The van der Waals surface area contributed by atoms with Crippen LogP contribution in [-0.2, 0) is 9.59 Å². The van der Waals surface area contributed by atoms with Gasteiger partial charge < -0.3 is 16.4 Å². The Labute approximate surface area is 146 Å². The molecule has 7 heteroatoms. The first-order valence-electron chi connectivity index (χ1n) is 8.73. The summed E-state index contributed by atoms with van der Waals surface area (Å²) in [6.07, 6.45) is 3.39. The van der Waals surface area contributed by atoms with Gasteiger partial charge in [0, 0.05) is 43.3 Å². The van der Waals surface area contributed by atoms with Gasteiger partial charge in [-0.05, 0) is 37.1 Å². The number of carbonyl (C=O) groups is 3. The van der Waals surface area contributed by atoms with Gasteiger partial charge in [0.25, 0.3) is 0 Å². The summed E-state index contributed by atoms with van der Waals surface area (Å²) < 4.78 is 0. The van der Waals surface area contributed by atoms with Crippen LogP contribution in [0.15, 0.2) is 24.3 Å². The molecule has 25 heavy (non-hydrogen) atoms. The maximum Gasteiger partial charge on any atom is 0.248 e. The van der Waals surface area contributed by atoms with E-state index in [9.17, 15) is 14.4 Å². The number of hydrogen-bond acceptors (Lipinski definition) is 4. The Balaban J connectivity index is 1.50. The van der Waals surface area contributed by atoms with Crippen molar-refractivity contribution in [2.24, 2.45) is 11.7 Å². The standard InChI is InChI=1S/C18H24N4O3/c19-17(24)12-4-6-14(7-5-12)20-16(23)8-9-22-10-13-2-1-3-15(11-22)21-18(13)25/h4-7,13,15H,1-3,8-11H2,(H2,19,24)(H,20,23)(H,21,25)/t13-,15+/m1/s1. The number of anilines is 1. The van der Waals surface area contributed by atoms with E-state index < -0.39 is 5.91 Å². The third-order valence-electron chi connectivity index (χ3n) is 4.89. The normalized spacial score (nSPS) is 23.4. The Bertz CT molecular complexity index is 659. The summed E-state index contributed by atoms with van der Waals surface area (Å²) in [4.78, 5) is 37.5. The number of nitrogens with two attached hydrogens (primary N) is 1. The summed E-state index contributed by atoms with van der Waals surface area (Å²) in [5.74, 6) is -0.380. The van der Waals surface area contributed by atoms with Gasteiger partial charge in [0.05, 0.1) is 5.92 Å². The quantitative estimate of drug-likeness (QED) is 0.732. The molecule has 2 atom stereocenters. The summed E-state index contributed by atoms with van der Waals surface area (Å²) in [5, 5.41) is 5.92. The lowest BCUT2D eigenvalue weighted by atomic mass is 9.99. The summed E-state index contributed by atoms with van der Waals surface area (Å²) in [6, 6.07) is 6.70. The van der Waals surface area contributed by atoms with Crippen molar-refractivity contribution < 1.29 is 14.4 Å². The van der Waals surface area contributed by atoms with Gasteiger partial charge in [-0.15, -0.1) is 0 Å². The number of fused-ring (bicyclic) bond motifs is 3. The molecule has 4 N–H and O–H groups in total. The third kappa shape index (κ3) is 4.57. The van der Waals surface area contributed by atoms with Gasteiger partial charge in [-0.1, -0.05) is 6.42 Å². The molecule has 2 aliphatic rings. The SMILES string of the molecule is NC(=O)c1ccc(NC(=O)CCN2C[C@@H]3CCC[C@H](C2)C(=O)N3)cc1. The van der Waals surface area contributed by atoms with Crippen LogP contribution in [0.3, 0.4) is 0 Å². The minimum Gasteiger partial charge on any atom is -0.366 e. The molecule has 0 spiro atoms. The molecule has 0 aromatic heterocycles. The molecule has 0 radical (unpaired) electrons. The molecular weight excluding hydrogens is 320 g/mol. The van der Waals surface area contributed by atoms with Crippen molar-refractivity contribution in [3.8, 4) is 0 Å². The number of benzene rings is 1. The molecule has 0 saturated carbocycles. The van der Waals surface area contributed by atoms with Crippen LogP contribution in [0, 0.1) is 5.92 Å². The van der Waals surface area contributed by atoms with Gasteiger partial charge in [-0.25, -0.2) is 0 Å². The molecule has 2 aliphatic heterocycles. The molecule has 3 rings (SSSR count). The minimum absolute atomic E-state index is 0.0388. The largest absolute Gasteiger partial charge is 0.366 e. The van der Waals surface area contributed by atoms with E-state index in [2.05, 4.69) is 15.5 Å². The van der Waals surface area contributed by atoms with Gasteiger partial charge in [0.2, 0.25) is 17.7 Å². The highest BCUT2D eigenvalue weighted by Gasteiger charge is 2.32. The zero-order valence-electron chi connectivity index (χ0n) is 14.2. The Hall–Kier alpha value is -2.41. The van der Waals surface area contributed by atoms with Crippen LogP contribution in [0.1, 0.15) is 36.0 Å². The Kier molecular flexibility index (Phi) is 5.33. The zero-order valence-corrected chi connectivity index (χ0v) is 14.2. The maximum absolute atomic E-state index is 12.2. The summed E-state index contributed by atoms with van der Waals surface area (Å²) >= 11 is 0. The fourth-order valence-electron chi connectivity index (χ4n) is 3.53. The molecule has 0 aliphatic carbocycles. The lowest BCUT2D eigenvalue weighted by molar-refractivity contribution is -0.124. The number of carbonyl (C=O) groups excluding carboxylic acids is 3. The van der Waals surface area contributed by atoms with E-state index in [0.717, 1.165) is 32.4 Å². The van der Waals surface area contributed by atoms with Crippen LogP contribution in [0.2, 0.25) is 0 Å². The molecule has 7 nitrogen and oxygen atoms in total. The van der Waals surface area contributed by atoms with Crippen LogP contribution in [0.5, 0.6) is 0 Å². The average molecular weight is 344 g/mol. The predicted octanol–water partition coefficient (Wildman–Crippen LogP) is 0.715. The molecule has 1 aromatic carbocycles. The van der Waals surface area contributed by atoms with Crippen molar-refractivity contribution in [1.29, 1.82) is 0 Å². The number of rotatable bonds is 5. The van der Waals surface area contributed by atoms with Crippen LogP contribution in [0.4, 0.5) is 5.69 Å². The smallest absolute Gasteiger partial charge is 0.248 e. The third-order valence-corrected chi connectivity index (χ3v) is 4.89. The fraction of sp³-hybridized carbons (Fsp3) is 0.500. The van der Waals surface area contributed by atoms with Crippen molar-refractivity contribution in [2.45, 2.75) is 31.7 Å². The van der Waals surface area contributed by atoms with Crippen molar-refractivity contribution in [2.75, 3.05) is 25.0 Å². The van der Waals surface area contributed by atoms with Crippen LogP contribution in [-0.4, -0.2) is 48.3 Å². The Morgan fingerprint density at radius 1 is 1.20 bits per heavy atom. The molecule has 134 valence electrons. The van der Waals surface area contributed by atoms with E-state index in [1.165, 1.54) is 0 Å². The topological polar surface area (TPSA) is 105 Å². The number of nitrogens with one attached hydrogen (secondary N) is 2. The summed E-state index contributed by atoms with van der Waals surface area (Å²) in [5.41, 5.74) is 6.24. The molecule has 2 heterocycles. The molecule has 2 fully saturated rings. The first-order chi connectivity index (χ1) is 12.0. The average Bonchev–Trinajstić information content (AvgIpc) is 2.82. The molecule has 0 unspecified atom stereocenters. The van der Waals surface area contributed by atoms with E-state index in [1.54, 1.807) is 24.3 Å². The Morgan fingerprint density at radius 3 is 2.68 bits per heavy atom. The molecule has 1 aromatic rings. The van der Waals surface area contributed by atoms with E-state index in [-0.39, 0.29) is 23.8 Å². The first kappa shape index (κ1) is 17.4. The highest BCUT2D eigenvalue weighted by atomic mass is 16.2. The maximum atomic E-state index is 12.2. The van der Waals surface area contributed by atoms with Gasteiger partial charge >= 0.3 is 0 Å². The highest BCUT2D eigenvalue weighted by molar-refractivity contribution is 5.94. The van der Waals surface area contributed by atoms with Gasteiger partial charge in [-0.2, -0.15) is 0 Å². The van der Waals surface area contributed by atoms with Crippen molar-refractivity contribution in [3.05, 3.63) is 29.8 Å². The number of hydrogen-bond donors (Lipinski definition) is 3. The van der Waals surface area contributed by atoms with Crippen molar-refractivity contribution in [1.82, 2.24) is 10.2 Å². The second kappa shape index (κ2) is 7.65. The summed E-state index contributed by atoms with van der Waals surface area (Å²) in [6.45, 7) is 2.17. The van der Waals surface area contributed by atoms with E-state index >= 15 is 0 Å². The van der Waals surface area contributed by atoms with Gasteiger partial charge in [0.15, 0.2) is 0 Å². The van der Waals surface area contributed by atoms with Crippen LogP contribution in [0.25, 0.3) is 0 Å². The van der Waals surface area contributed by atoms with Gasteiger partial charge in [0.1, 0.15) is 0 Å². The number of amides is 3. The lowest BCUT2D eigenvalue weighted by Crippen LogP contribution is -2.39. The molecule has 2 bridgehead atoms. The number of nitrogens with zero attached hydrogens (tertiary/aromatic N) is 1. The van der Waals surface area contributed by atoms with Gasteiger partial charge in [-0.3, -0.25) is 19.3 Å². The van der Waals surface area contributed by atoms with Crippen molar-refractivity contribution >= 4 is 23.4 Å². The van der Waals surface area contributed by atoms with Crippen LogP contribution >= 0.6 is 0 Å². The number of primary amides is 1. The highest BCUT2D eigenvalue weighted by Crippen LogP contribution is 2.22. The van der Waals surface area contributed by atoms with Crippen LogP contribution < -0.4 is 16.4 Å². The summed E-state index contributed by atoms with van der Waals surface area (Å²) in [7, 11) is 0. The van der Waals surface area contributed by atoms with E-state index in [1.807, 2.05) is 0 Å². The second-order valence-corrected chi connectivity index (χ2v) is 6.83. The van der Waals surface area contributed by atoms with E-state index in [0.29, 0.717) is 24.2 Å². The second-order valence-electron chi connectivity index (χ2n) is 6.83.